The van der Waals surface area contributed by atoms with Crippen molar-refractivity contribution >= 4 is 27.0 Å². The van der Waals surface area contributed by atoms with E-state index in [1.165, 1.54) is 9.54 Å². The highest BCUT2D eigenvalue weighted by Crippen LogP contribution is 2.23. The third-order valence-electron chi connectivity index (χ3n) is 4.99. The Kier molecular flexibility index (Phi) is 5.57. The Balaban J connectivity index is 1.56. The Bertz CT molecular complexity index is 1070. The first-order chi connectivity index (χ1) is 13.6. The first-order valence-corrected chi connectivity index (χ1v) is 11.1. The molecule has 7 heteroatoms. The predicted molar refractivity (Wildman–Crippen MR) is 113 cm³/mol. The van der Waals surface area contributed by atoms with E-state index in [1.54, 1.807) is 30.7 Å². The van der Waals surface area contributed by atoms with Gasteiger partial charge in [-0.1, -0.05) is 30.4 Å². The number of nitrogens with one attached hydrogen (secondary N) is 1. The van der Waals surface area contributed by atoms with E-state index in [-0.39, 0.29) is 5.75 Å². The predicted octanol–water partition coefficient (Wildman–Crippen LogP) is 2.33. The summed E-state index contributed by atoms with van der Waals surface area (Å²) in [7, 11) is -3.48. The third-order valence-corrected chi connectivity index (χ3v) is 6.52. The van der Waals surface area contributed by atoms with Crippen molar-refractivity contribution in [3.8, 4) is 0 Å². The molecule has 1 N–H and O–H groups in total. The van der Waals surface area contributed by atoms with Gasteiger partial charge in [-0.3, -0.25) is 9.88 Å². The van der Waals surface area contributed by atoms with Gasteiger partial charge in [0, 0.05) is 56.7 Å². The molecule has 0 aliphatic carbocycles. The summed E-state index contributed by atoms with van der Waals surface area (Å²) in [5.41, 5.74) is 2.79. The second-order valence-electron chi connectivity index (χ2n) is 6.95. The molecule has 28 heavy (non-hydrogen) atoms. The van der Waals surface area contributed by atoms with Gasteiger partial charge in [0.25, 0.3) is 0 Å². The van der Waals surface area contributed by atoms with Crippen LogP contribution in [0.3, 0.4) is 0 Å². The number of pyridine rings is 1. The molecule has 1 aliphatic rings. The number of rotatable bonds is 6. The zero-order valence-corrected chi connectivity index (χ0v) is 16.5. The maximum atomic E-state index is 12.9. The highest BCUT2D eigenvalue weighted by atomic mass is 32.2. The fourth-order valence-electron chi connectivity index (χ4n) is 3.56. The molecule has 1 saturated heterocycles. The number of aromatic nitrogens is 2. The van der Waals surface area contributed by atoms with E-state index >= 15 is 0 Å². The topological polar surface area (TPSA) is 67.2 Å². The smallest absolute Gasteiger partial charge is 0.242 e. The van der Waals surface area contributed by atoms with Gasteiger partial charge in [-0.2, -0.15) is 0 Å². The second kappa shape index (κ2) is 8.26. The lowest BCUT2D eigenvalue weighted by Crippen LogP contribution is -2.42. The van der Waals surface area contributed by atoms with Gasteiger partial charge in [0.05, 0.1) is 11.3 Å². The van der Waals surface area contributed by atoms with Crippen molar-refractivity contribution in [3.63, 3.8) is 0 Å². The Hall–Kier alpha value is -2.48. The summed E-state index contributed by atoms with van der Waals surface area (Å²) in [6.07, 6.45) is 8.52. The number of fused-ring (bicyclic) bond motifs is 1. The quantitative estimate of drug-likeness (QED) is 0.693. The molecule has 3 aromatic rings. The van der Waals surface area contributed by atoms with Crippen LogP contribution in [0.5, 0.6) is 0 Å². The minimum atomic E-state index is -3.48. The monoisotopic (exact) mass is 396 g/mol. The molecule has 0 unspecified atom stereocenters. The molecule has 0 atom stereocenters. The first kappa shape index (κ1) is 18.9. The van der Waals surface area contributed by atoms with Crippen LogP contribution >= 0.6 is 0 Å². The largest absolute Gasteiger partial charge is 0.314 e. The highest BCUT2D eigenvalue weighted by Gasteiger charge is 2.17. The Morgan fingerprint density at radius 3 is 2.75 bits per heavy atom. The van der Waals surface area contributed by atoms with Gasteiger partial charge in [0.15, 0.2) is 0 Å². The zero-order valence-electron chi connectivity index (χ0n) is 15.7. The van der Waals surface area contributed by atoms with Crippen molar-refractivity contribution in [1.82, 2.24) is 19.2 Å². The molecule has 0 saturated carbocycles. The molecule has 4 rings (SSSR count). The van der Waals surface area contributed by atoms with Crippen LogP contribution in [0.15, 0.2) is 61.1 Å². The molecule has 0 amide bonds. The Morgan fingerprint density at radius 2 is 1.96 bits per heavy atom. The summed E-state index contributed by atoms with van der Waals surface area (Å²) in [4.78, 5) is 6.43. The van der Waals surface area contributed by atoms with Crippen LogP contribution in [0.1, 0.15) is 11.1 Å². The number of piperazine rings is 1. The molecule has 3 heterocycles. The van der Waals surface area contributed by atoms with Crippen molar-refractivity contribution in [2.45, 2.75) is 6.54 Å². The fourth-order valence-corrected chi connectivity index (χ4v) is 4.76. The molecule has 0 bridgehead atoms. The lowest BCUT2D eigenvalue weighted by Gasteiger charge is -2.27. The van der Waals surface area contributed by atoms with Crippen molar-refractivity contribution in [2.24, 2.45) is 0 Å². The van der Waals surface area contributed by atoms with E-state index in [0.29, 0.717) is 0 Å². The van der Waals surface area contributed by atoms with E-state index in [4.69, 9.17) is 0 Å². The molecule has 2 aromatic heterocycles. The Labute approximate surface area is 165 Å². The minimum absolute atomic E-state index is 0.0618. The molecular formula is C21H24N4O2S. The van der Waals surface area contributed by atoms with Gasteiger partial charge in [0.2, 0.25) is 10.0 Å². The SMILES string of the molecule is O=S(=O)(CC=Cc1cccnc1)n1ccc2c(CN3CCNCC3)cccc21. The maximum absolute atomic E-state index is 12.9. The minimum Gasteiger partial charge on any atom is -0.314 e. The van der Waals surface area contributed by atoms with Crippen LogP contribution in [-0.2, 0) is 16.6 Å². The fraction of sp³-hybridized carbons (Fsp3) is 0.286. The molecule has 146 valence electrons. The molecule has 1 aromatic carbocycles. The average Bonchev–Trinajstić information content (AvgIpc) is 3.16. The van der Waals surface area contributed by atoms with Gasteiger partial charge in [-0.05, 0) is 29.3 Å². The van der Waals surface area contributed by atoms with E-state index in [9.17, 15) is 8.42 Å². The zero-order chi connectivity index (χ0) is 19.4. The van der Waals surface area contributed by atoms with Gasteiger partial charge in [-0.15, -0.1) is 0 Å². The normalized spacial score (nSPS) is 16.1. The van der Waals surface area contributed by atoms with Crippen molar-refractivity contribution < 1.29 is 8.42 Å². The number of benzene rings is 1. The number of nitrogens with zero attached hydrogens (tertiary/aromatic N) is 3. The van der Waals surface area contributed by atoms with Crippen molar-refractivity contribution in [2.75, 3.05) is 31.9 Å². The maximum Gasteiger partial charge on any atom is 0.242 e. The van der Waals surface area contributed by atoms with E-state index in [1.807, 2.05) is 30.3 Å². The summed E-state index contributed by atoms with van der Waals surface area (Å²) in [5.74, 6) is -0.0618. The highest BCUT2D eigenvalue weighted by molar-refractivity contribution is 7.90. The second-order valence-corrected chi connectivity index (χ2v) is 8.85. The standard InChI is InChI=1S/C21H24N4O2S/c26-28(27,15-3-5-18-4-2-9-23-16-18)25-12-8-20-19(6-1-7-21(20)25)17-24-13-10-22-11-14-24/h1-9,12,16,22H,10-11,13-15,17H2. The lowest BCUT2D eigenvalue weighted by molar-refractivity contribution is 0.234. The summed E-state index contributed by atoms with van der Waals surface area (Å²) in [6, 6.07) is 11.5. The van der Waals surface area contributed by atoms with Gasteiger partial charge in [0.1, 0.15) is 0 Å². The van der Waals surface area contributed by atoms with E-state index < -0.39 is 10.0 Å². The van der Waals surface area contributed by atoms with Crippen LogP contribution in [0.2, 0.25) is 0 Å². The molecule has 0 spiro atoms. The summed E-state index contributed by atoms with van der Waals surface area (Å²) in [5, 5.41) is 4.36. The summed E-state index contributed by atoms with van der Waals surface area (Å²) < 4.78 is 27.2. The number of hydrogen-bond acceptors (Lipinski definition) is 5. The lowest BCUT2D eigenvalue weighted by atomic mass is 10.1. The van der Waals surface area contributed by atoms with Gasteiger partial charge < -0.3 is 5.32 Å². The van der Waals surface area contributed by atoms with Crippen molar-refractivity contribution in [3.05, 3.63) is 72.2 Å². The molecule has 0 radical (unpaired) electrons. The van der Waals surface area contributed by atoms with Crippen LogP contribution in [-0.4, -0.2) is 54.2 Å². The summed E-state index contributed by atoms with van der Waals surface area (Å²) in [6.45, 7) is 4.84. The van der Waals surface area contributed by atoms with E-state index in [2.05, 4.69) is 21.3 Å². The number of hydrogen-bond donors (Lipinski definition) is 1. The first-order valence-electron chi connectivity index (χ1n) is 9.45. The molecule has 1 aliphatic heterocycles. The Morgan fingerprint density at radius 1 is 1.11 bits per heavy atom. The van der Waals surface area contributed by atoms with Crippen LogP contribution < -0.4 is 5.32 Å². The van der Waals surface area contributed by atoms with Gasteiger partial charge in [-0.25, -0.2) is 12.4 Å². The molecule has 1 fully saturated rings. The van der Waals surface area contributed by atoms with Crippen LogP contribution in [0.25, 0.3) is 17.0 Å². The van der Waals surface area contributed by atoms with Crippen LogP contribution in [0, 0.1) is 0 Å². The van der Waals surface area contributed by atoms with Crippen LogP contribution in [0.4, 0.5) is 0 Å². The van der Waals surface area contributed by atoms with Gasteiger partial charge >= 0.3 is 0 Å². The van der Waals surface area contributed by atoms with E-state index in [0.717, 1.165) is 49.2 Å². The summed E-state index contributed by atoms with van der Waals surface area (Å²) >= 11 is 0. The molecular weight excluding hydrogens is 372 g/mol. The molecule has 6 nitrogen and oxygen atoms in total. The average molecular weight is 397 g/mol. The van der Waals surface area contributed by atoms with Crippen molar-refractivity contribution in [1.29, 1.82) is 0 Å². The third kappa shape index (κ3) is 4.16.